The quantitative estimate of drug-likeness (QED) is 0.175. The Balaban J connectivity index is 1.77. The Morgan fingerprint density at radius 3 is 2.49 bits per heavy atom. The Bertz CT molecular complexity index is 1470. The van der Waals surface area contributed by atoms with E-state index < -0.39 is 52.4 Å². The molecule has 0 aliphatic carbocycles. The number of anilines is 1. The van der Waals surface area contributed by atoms with Gasteiger partial charge in [0, 0.05) is 47.3 Å². The van der Waals surface area contributed by atoms with Crippen molar-refractivity contribution in [3.63, 3.8) is 0 Å². The number of nitrogens with one attached hydrogen (secondary N) is 1. The number of carbonyl (C=O) groups is 2. The predicted molar refractivity (Wildman–Crippen MR) is 129 cm³/mol. The molecule has 0 saturated heterocycles. The number of carboxylic acids is 1. The number of non-ortho nitro benzene ring substituents is 1. The number of benzene rings is 1. The van der Waals surface area contributed by atoms with Gasteiger partial charge in [-0.2, -0.15) is 0 Å². The van der Waals surface area contributed by atoms with E-state index in [9.17, 15) is 43.2 Å². The van der Waals surface area contributed by atoms with Gasteiger partial charge in [0.2, 0.25) is 11.0 Å². The Kier molecular flexibility index (Phi) is 8.58. The smallest absolute Gasteiger partial charge is 0.328 e. The average molecular weight is 553 g/mol. The number of nitro benzene ring substituents is 1. The summed E-state index contributed by atoms with van der Waals surface area (Å²) in [5, 5.41) is 27.9. The van der Waals surface area contributed by atoms with Crippen molar-refractivity contribution in [2.24, 2.45) is 0 Å². The van der Waals surface area contributed by atoms with Gasteiger partial charge in [0.1, 0.15) is 18.1 Å². The number of aromatic amines is 1. The van der Waals surface area contributed by atoms with Crippen molar-refractivity contribution in [2.45, 2.75) is 13.5 Å². The lowest BCUT2D eigenvalue weighted by molar-refractivity contribution is -0.384. The highest BCUT2D eigenvalue weighted by Gasteiger charge is 2.22. The standard InChI is InChI=1S/C19H19N7O9S2/c1-11-8-24(18(31)20-16(11)30)9-14(27)23(10-15(28)29)6-7-25(37(34)35)19-22-21-17(36-19)12-2-4-13(5-3-12)26(32)33/h2-5,8H,6-7,9-10H2,1H3,(H,28,29)(H,34,35)(H,20,30,31)/p-1. The van der Waals surface area contributed by atoms with Crippen LogP contribution < -0.4 is 15.6 Å². The molecule has 196 valence electrons. The van der Waals surface area contributed by atoms with Crippen LogP contribution in [0.15, 0.2) is 40.1 Å². The van der Waals surface area contributed by atoms with Crippen LogP contribution in [0.25, 0.3) is 10.6 Å². The number of aliphatic carboxylic acids is 1. The fraction of sp³-hybridized carbons (Fsp3) is 0.263. The molecule has 1 unspecified atom stereocenters. The molecule has 2 heterocycles. The fourth-order valence-electron chi connectivity index (χ4n) is 3.04. The summed E-state index contributed by atoms with van der Waals surface area (Å²) in [6, 6.07) is 5.36. The molecule has 0 aliphatic rings. The summed E-state index contributed by atoms with van der Waals surface area (Å²) in [5.74, 6) is -2.18. The number of carbonyl (C=O) groups excluding carboxylic acids is 1. The van der Waals surface area contributed by atoms with Gasteiger partial charge in [0.05, 0.1) is 11.5 Å². The number of nitro groups is 1. The van der Waals surface area contributed by atoms with E-state index in [0.29, 0.717) is 5.56 Å². The number of H-pyrrole nitrogens is 1. The molecule has 1 atom stereocenters. The van der Waals surface area contributed by atoms with E-state index in [1.165, 1.54) is 31.2 Å². The molecule has 0 fully saturated rings. The molecular formula is C19H18N7O9S2-. The number of amides is 1. The van der Waals surface area contributed by atoms with Crippen LogP contribution in [-0.2, 0) is 27.4 Å². The molecule has 2 aromatic heterocycles. The maximum atomic E-state index is 12.7. The summed E-state index contributed by atoms with van der Waals surface area (Å²) in [7, 11) is 0. The molecule has 0 saturated carbocycles. The van der Waals surface area contributed by atoms with Gasteiger partial charge in [-0.25, -0.2) is 4.79 Å². The number of carboxylic acid groups (broad SMARTS) is 1. The van der Waals surface area contributed by atoms with Crippen molar-refractivity contribution >= 4 is 45.3 Å². The number of rotatable bonds is 11. The minimum absolute atomic E-state index is 0.0862. The highest BCUT2D eigenvalue weighted by Crippen LogP contribution is 2.30. The highest BCUT2D eigenvalue weighted by atomic mass is 32.2. The Morgan fingerprint density at radius 1 is 1.22 bits per heavy atom. The third-order valence-electron chi connectivity index (χ3n) is 4.88. The highest BCUT2D eigenvalue weighted by molar-refractivity contribution is 7.80. The third-order valence-corrected chi connectivity index (χ3v) is 6.71. The SMILES string of the molecule is Cc1cn(CC(=O)N(CCN(c2nnc(-c3ccc([N+](=O)[O-])cc3)s2)S(=O)[O-])CC(=O)O)c(=O)[nH]c1=O. The zero-order valence-electron chi connectivity index (χ0n) is 18.9. The second kappa shape index (κ2) is 11.6. The Labute approximate surface area is 213 Å². The van der Waals surface area contributed by atoms with Gasteiger partial charge < -0.3 is 14.6 Å². The topological polar surface area (TPSA) is 225 Å². The first-order valence-electron chi connectivity index (χ1n) is 10.2. The number of hydrogen-bond acceptors (Lipinski definition) is 11. The average Bonchev–Trinajstić information content (AvgIpc) is 3.31. The van der Waals surface area contributed by atoms with E-state index >= 15 is 0 Å². The van der Waals surface area contributed by atoms with Crippen molar-refractivity contribution in [3.05, 3.63) is 67.0 Å². The molecule has 18 heteroatoms. The van der Waals surface area contributed by atoms with Crippen molar-refractivity contribution in [1.29, 1.82) is 0 Å². The maximum Gasteiger partial charge on any atom is 0.328 e. The van der Waals surface area contributed by atoms with Gasteiger partial charge in [-0.1, -0.05) is 11.3 Å². The third kappa shape index (κ3) is 6.90. The van der Waals surface area contributed by atoms with Crippen molar-refractivity contribution < 1.29 is 28.4 Å². The normalized spacial score (nSPS) is 11.6. The Morgan fingerprint density at radius 2 is 1.89 bits per heavy atom. The molecule has 16 nitrogen and oxygen atoms in total. The first kappa shape index (κ1) is 27.3. The summed E-state index contributed by atoms with van der Waals surface area (Å²) in [4.78, 5) is 60.7. The lowest BCUT2D eigenvalue weighted by Crippen LogP contribution is -2.44. The van der Waals surface area contributed by atoms with Crippen LogP contribution in [0.3, 0.4) is 0 Å². The van der Waals surface area contributed by atoms with Gasteiger partial charge in [-0.05, 0) is 19.1 Å². The first-order valence-corrected chi connectivity index (χ1v) is 12.1. The number of hydrogen-bond donors (Lipinski definition) is 2. The second-order valence-corrected chi connectivity index (χ2v) is 9.25. The summed E-state index contributed by atoms with van der Waals surface area (Å²) in [6.45, 7) is -0.707. The molecule has 3 rings (SSSR count). The largest absolute Gasteiger partial charge is 0.755 e. The van der Waals surface area contributed by atoms with E-state index in [0.717, 1.165) is 31.3 Å². The maximum absolute atomic E-state index is 12.7. The molecule has 0 bridgehead atoms. The van der Waals surface area contributed by atoms with E-state index in [1.807, 2.05) is 4.98 Å². The molecule has 1 amide bonds. The van der Waals surface area contributed by atoms with Crippen molar-refractivity contribution in [2.75, 3.05) is 23.9 Å². The van der Waals surface area contributed by atoms with Gasteiger partial charge in [-0.15, -0.1) is 10.2 Å². The monoisotopic (exact) mass is 552 g/mol. The van der Waals surface area contributed by atoms with Crippen LogP contribution in [0, 0.1) is 17.0 Å². The minimum Gasteiger partial charge on any atom is -0.755 e. The molecule has 0 aliphatic heterocycles. The van der Waals surface area contributed by atoms with E-state index in [2.05, 4.69) is 10.2 Å². The van der Waals surface area contributed by atoms with Crippen molar-refractivity contribution in [3.8, 4) is 10.6 Å². The number of aromatic nitrogens is 4. The van der Waals surface area contributed by atoms with E-state index in [4.69, 9.17) is 0 Å². The molecule has 1 aromatic carbocycles. The van der Waals surface area contributed by atoms with Crippen LogP contribution in [-0.4, -0.2) is 75.0 Å². The molecule has 0 radical (unpaired) electrons. The lowest BCUT2D eigenvalue weighted by Gasteiger charge is -2.27. The number of nitrogens with zero attached hydrogens (tertiary/aromatic N) is 6. The van der Waals surface area contributed by atoms with Crippen molar-refractivity contribution in [1.82, 2.24) is 24.6 Å². The lowest BCUT2D eigenvalue weighted by atomic mass is 10.2. The van der Waals surface area contributed by atoms with Gasteiger partial charge >= 0.3 is 11.7 Å². The summed E-state index contributed by atoms with van der Waals surface area (Å²) < 4.78 is 25.4. The summed E-state index contributed by atoms with van der Waals surface area (Å²) >= 11 is -2.02. The number of aryl methyl sites for hydroxylation is 1. The van der Waals surface area contributed by atoms with Gasteiger partial charge in [0.15, 0.2) is 0 Å². The molecule has 0 spiro atoms. The molecular weight excluding hydrogens is 534 g/mol. The predicted octanol–water partition coefficient (Wildman–Crippen LogP) is -0.514. The molecule has 37 heavy (non-hydrogen) atoms. The second-order valence-electron chi connectivity index (χ2n) is 7.42. The first-order chi connectivity index (χ1) is 17.5. The van der Waals surface area contributed by atoms with Crippen LogP contribution in [0.2, 0.25) is 0 Å². The Hall–Kier alpha value is -4.29. The minimum atomic E-state index is -2.88. The van der Waals surface area contributed by atoms with Crippen LogP contribution >= 0.6 is 11.3 Å². The van der Waals surface area contributed by atoms with E-state index in [-0.39, 0.29) is 34.5 Å². The van der Waals surface area contributed by atoms with E-state index in [1.54, 1.807) is 0 Å². The summed E-state index contributed by atoms with van der Waals surface area (Å²) in [6.07, 6.45) is 1.15. The van der Waals surface area contributed by atoms with Gasteiger partial charge in [0.25, 0.3) is 11.2 Å². The molecule has 2 N–H and O–H groups in total. The zero-order chi connectivity index (χ0) is 27.3. The summed E-state index contributed by atoms with van der Waals surface area (Å²) in [5.41, 5.74) is -1.03. The van der Waals surface area contributed by atoms with Crippen LogP contribution in [0.4, 0.5) is 10.8 Å². The van der Waals surface area contributed by atoms with Gasteiger partial charge in [-0.3, -0.25) is 42.6 Å². The van der Waals surface area contributed by atoms with Crippen LogP contribution in [0.1, 0.15) is 5.56 Å². The van der Waals surface area contributed by atoms with Crippen LogP contribution in [0.5, 0.6) is 0 Å². The molecule has 3 aromatic rings. The fourth-order valence-corrected chi connectivity index (χ4v) is 4.51. The zero-order valence-corrected chi connectivity index (χ0v) is 20.6.